The van der Waals surface area contributed by atoms with Gasteiger partial charge in [-0.25, -0.2) is 0 Å². The van der Waals surface area contributed by atoms with E-state index in [0.29, 0.717) is 17.4 Å². The number of carbonyl (C=O) groups excluding carboxylic acids is 1. The summed E-state index contributed by atoms with van der Waals surface area (Å²) in [5, 5.41) is 19.1. The first-order chi connectivity index (χ1) is 18.2. The summed E-state index contributed by atoms with van der Waals surface area (Å²) in [5.41, 5.74) is 5.27. The number of aromatic nitrogens is 3. The lowest BCUT2D eigenvalue weighted by Gasteiger charge is -2.16. The highest BCUT2D eigenvalue weighted by molar-refractivity contribution is 7.15. The van der Waals surface area contributed by atoms with Crippen LogP contribution in [0.5, 0.6) is 0 Å². The fourth-order valence-corrected chi connectivity index (χ4v) is 5.72. The van der Waals surface area contributed by atoms with Crippen molar-refractivity contribution in [3.05, 3.63) is 99.5 Å². The number of benzene rings is 2. The summed E-state index contributed by atoms with van der Waals surface area (Å²) in [4.78, 5) is 32.2. The van der Waals surface area contributed by atoms with E-state index >= 15 is 0 Å². The second-order valence-electron chi connectivity index (χ2n) is 9.18. The molecular weight excluding hydrogens is 498 g/mol. The van der Waals surface area contributed by atoms with Gasteiger partial charge in [0.2, 0.25) is 0 Å². The first-order valence-electron chi connectivity index (χ1n) is 12.2. The van der Waals surface area contributed by atoms with E-state index in [1.165, 1.54) is 0 Å². The average Bonchev–Trinajstić information content (AvgIpc) is 3.39. The number of anilines is 1. The number of hydrogen-bond acceptors (Lipinski definition) is 6. The Hall–Kier alpha value is -4.37. The molecule has 1 amide bonds. The van der Waals surface area contributed by atoms with Gasteiger partial charge in [0, 0.05) is 34.8 Å². The Morgan fingerprint density at radius 1 is 1.05 bits per heavy atom. The van der Waals surface area contributed by atoms with E-state index in [4.69, 9.17) is 4.99 Å². The topological polar surface area (TPSA) is 101 Å². The van der Waals surface area contributed by atoms with Crippen LogP contribution in [-0.2, 0) is 9.59 Å². The molecule has 38 heavy (non-hydrogen) atoms. The highest BCUT2D eigenvalue weighted by Gasteiger charge is 2.32. The van der Waals surface area contributed by atoms with Gasteiger partial charge in [-0.3, -0.25) is 19.1 Å². The molecule has 1 aliphatic heterocycles. The van der Waals surface area contributed by atoms with Crippen molar-refractivity contribution in [3.63, 3.8) is 0 Å². The summed E-state index contributed by atoms with van der Waals surface area (Å²) < 4.78 is 1.93. The number of rotatable bonds is 6. The highest BCUT2D eigenvalue weighted by Crippen LogP contribution is 2.39. The van der Waals surface area contributed by atoms with Crippen molar-refractivity contribution < 1.29 is 14.7 Å². The Bertz CT molecular complexity index is 1580. The van der Waals surface area contributed by atoms with Crippen molar-refractivity contribution in [2.45, 2.75) is 33.2 Å². The maximum atomic E-state index is 12.8. The van der Waals surface area contributed by atoms with Crippen LogP contribution in [0.25, 0.3) is 11.1 Å². The zero-order valence-corrected chi connectivity index (χ0v) is 22.4. The van der Waals surface area contributed by atoms with Gasteiger partial charge in [0.05, 0.1) is 12.1 Å². The molecule has 4 aromatic rings. The second-order valence-corrected chi connectivity index (χ2v) is 10.4. The van der Waals surface area contributed by atoms with Crippen LogP contribution in [0.1, 0.15) is 51.2 Å². The molecule has 8 nitrogen and oxygen atoms in total. The Balaban J connectivity index is 1.52. The lowest BCUT2D eigenvalue weighted by atomic mass is 9.99. The Labute approximate surface area is 224 Å². The molecule has 192 valence electrons. The predicted molar refractivity (Wildman–Crippen MR) is 149 cm³/mol. The molecule has 2 aromatic heterocycles. The molecule has 0 saturated carbocycles. The molecule has 5 rings (SSSR count). The Morgan fingerprint density at radius 3 is 2.45 bits per heavy atom. The summed E-state index contributed by atoms with van der Waals surface area (Å²) in [5.74, 6) is 0.111. The van der Waals surface area contributed by atoms with Crippen molar-refractivity contribution in [1.29, 1.82) is 0 Å². The summed E-state index contributed by atoms with van der Waals surface area (Å²) in [7, 11) is 1.73. The number of hydrogen-bond donors (Lipinski definition) is 1. The van der Waals surface area contributed by atoms with Crippen molar-refractivity contribution in [1.82, 2.24) is 14.8 Å². The molecule has 0 radical (unpaired) electrons. The summed E-state index contributed by atoms with van der Waals surface area (Å²) in [6.45, 7) is 5.98. The molecule has 0 fully saturated rings. The minimum Gasteiger partial charge on any atom is -0.481 e. The van der Waals surface area contributed by atoms with Gasteiger partial charge >= 0.3 is 5.97 Å². The fourth-order valence-electron chi connectivity index (χ4n) is 4.50. The van der Waals surface area contributed by atoms with Crippen LogP contribution in [0.4, 0.5) is 5.69 Å². The Kier molecular flexibility index (Phi) is 6.77. The number of carboxylic acids is 1. The zero-order valence-electron chi connectivity index (χ0n) is 21.5. The largest absolute Gasteiger partial charge is 0.481 e. The molecule has 0 unspecified atom stereocenters. The van der Waals surface area contributed by atoms with Crippen molar-refractivity contribution in [3.8, 4) is 5.00 Å². The van der Waals surface area contributed by atoms with Gasteiger partial charge in [-0.15, -0.1) is 21.5 Å². The first kappa shape index (κ1) is 25.3. The molecule has 1 aliphatic rings. The van der Waals surface area contributed by atoms with Crippen molar-refractivity contribution in [2.24, 2.45) is 4.99 Å². The number of likely N-dealkylation sites (N-methyl/N-ethyl adjacent to an activating group) is 1. The quantitative estimate of drug-likeness (QED) is 0.345. The highest BCUT2D eigenvalue weighted by atomic mass is 32.1. The predicted octanol–water partition coefficient (Wildman–Crippen LogP) is 5.30. The number of aliphatic imine (C=N–C) groups is 1. The van der Waals surface area contributed by atoms with E-state index in [9.17, 15) is 14.7 Å². The molecule has 2 aromatic carbocycles. The number of amides is 1. The number of carbonyl (C=O) groups is 2. The van der Waals surface area contributed by atoms with Gasteiger partial charge in [-0.1, -0.05) is 42.5 Å². The van der Waals surface area contributed by atoms with E-state index < -0.39 is 12.0 Å². The van der Waals surface area contributed by atoms with Crippen molar-refractivity contribution >= 4 is 40.7 Å². The molecule has 1 atom stereocenters. The monoisotopic (exact) mass is 525 g/mol. The van der Waals surface area contributed by atoms with Gasteiger partial charge in [0.15, 0.2) is 5.82 Å². The lowest BCUT2D eigenvalue weighted by molar-refractivity contribution is -0.137. The van der Waals surface area contributed by atoms with Gasteiger partial charge in [-0.2, -0.15) is 0 Å². The van der Waals surface area contributed by atoms with Crippen LogP contribution in [-0.4, -0.2) is 44.5 Å². The molecule has 0 spiro atoms. The van der Waals surface area contributed by atoms with E-state index in [-0.39, 0.29) is 12.3 Å². The summed E-state index contributed by atoms with van der Waals surface area (Å²) >= 11 is 1.62. The van der Waals surface area contributed by atoms with E-state index in [0.717, 1.165) is 37.8 Å². The fraction of sp³-hybridized carbons (Fsp3) is 0.207. The van der Waals surface area contributed by atoms with Crippen LogP contribution < -0.4 is 4.90 Å². The molecule has 3 heterocycles. The van der Waals surface area contributed by atoms with Crippen LogP contribution in [0.2, 0.25) is 0 Å². The van der Waals surface area contributed by atoms with Crippen molar-refractivity contribution in [2.75, 3.05) is 11.9 Å². The SMILES string of the molecule is Cc1sc2c(c1C)C(c1ccc(N(C)C(=O)C=Cc3ccccc3)cc1)=N[C@@H](CC(=O)O)c1nnc(C)n1-2. The normalized spacial score (nSPS) is 14.5. The number of thiophene rings is 1. The maximum absolute atomic E-state index is 12.8. The lowest BCUT2D eigenvalue weighted by Crippen LogP contribution is -2.24. The Morgan fingerprint density at radius 2 is 1.76 bits per heavy atom. The zero-order chi connectivity index (χ0) is 27.0. The standard InChI is InChI=1S/C29H27N5O3S/c1-17-18(2)38-29-26(17)27(30-23(16-25(36)37)28-32-31-19(3)34(28)29)21-11-13-22(14-12-21)33(4)24(35)15-10-20-8-6-5-7-9-20/h5-15,23H,16H2,1-4H3,(H,36,37)/t23-/m0/s1. The number of carboxylic acid groups (broad SMARTS) is 1. The molecule has 9 heteroatoms. The van der Waals surface area contributed by atoms with Crippen LogP contribution in [0.15, 0.2) is 65.7 Å². The molecule has 0 aliphatic carbocycles. The molecule has 0 bridgehead atoms. The minimum absolute atomic E-state index is 0.144. The number of nitrogens with zero attached hydrogens (tertiary/aromatic N) is 5. The summed E-state index contributed by atoms with van der Waals surface area (Å²) in [6, 6.07) is 16.6. The number of aryl methyl sites for hydroxylation is 2. The van der Waals surface area contributed by atoms with Crippen LogP contribution in [0, 0.1) is 20.8 Å². The molecule has 1 N–H and O–H groups in total. The van der Waals surface area contributed by atoms with Crippen LogP contribution in [0.3, 0.4) is 0 Å². The van der Waals surface area contributed by atoms with Gasteiger partial charge in [0.25, 0.3) is 5.91 Å². The van der Waals surface area contributed by atoms with E-state index in [1.54, 1.807) is 35.4 Å². The smallest absolute Gasteiger partial charge is 0.306 e. The van der Waals surface area contributed by atoms with Crippen LogP contribution >= 0.6 is 11.3 Å². The molecule has 0 saturated heterocycles. The van der Waals surface area contributed by atoms with E-state index in [2.05, 4.69) is 24.0 Å². The molecular formula is C29H27N5O3S. The summed E-state index contributed by atoms with van der Waals surface area (Å²) in [6.07, 6.45) is 3.15. The van der Waals surface area contributed by atoms with Gasteiger partial charge in [0.1, 0.15) is 16.9 Å². The van der Waals surface area contributed by atoms with Gasteiger partial charge < -0.3 is 10.0 Å². The van der Waals surface area contributed by atoms with Gasteiger partial charge in [-0.05, 0) is 50.1 Å². The number of fused-ring (bicyclic) bond motifs is 3. The number of aliphatic carboxylic acids is 1. The third-order valence-electron chi connectivity index (χ3n) is 6.68. The third-order valence-corrected chi connectivity index (χ3v) is 7.88. The maximum Gasteiger partial charge on any atom is 0.306 e. The minimum atomic E-state index is -0.956. The first-order valence-corrected chi connectivity index (χ1v) is 13.0. The average molecular weight is 526 g/mol. The second kappa shape index (κ2) is 10.2. The third kappa shape index (κ3) is 4.68. The van der Waals surface area contributed by atoms with E-state index in [1.807, 2.05) is 66.1 Å².